The predicted octanol–water partition coefficient (Wildman–Crippen LogP) is 2.96. The van der Waals surface area contributed by atoms with E-state index in [-0.39, 0.29) is 17.5 Å². The Kier molecular flexibility index (Phi) is 8.15. The maximum Gasteiger partial charge on any atom is 0.250 e. The second-order valence-corrected chi connectivity index (χ2v) is 8.90. The average Bonchev–Trinajstić information content (AvgIpc) is 2.91. The molecule has 1 aliphatic heterocycles. The maximum absolute atomic E-state index is 13.5. The van der Waals surface area contributed by atoms with Gasteiger partial charge in [0.25, 0.3) is 0 Å². The van der Waals surface area contributed by atoms with E-state index in [9.17, 15) is 20.0 Å². The number of quaternary nitrogens is 1. The lowest BCUT2D eigenvalue weighted by molar-refractivity contribution is -0.991. The minimum atomic E-state index is -1.04. The van der Waals surface area contributed by atoms with Crippen LogP contribution in [0.4, 0.5) is 5.69 Å². The number of benzene rings is 3. The summed E-state index contributed by atoms with van der Waals surface area (Å²) in [5.74, 6) is -1.29. The summed E-state index contributed by atoms with van der Waals surface area (Å²) in [4.78, 5) is 27.1. The predicted molar refractivity (Wildman–Crippen MR) is 140 cm³/mol. The van der Waals surface area contributed by atoms with Gasteiger partial charge in [0.2, 0.25) is 11.8 Å². The number of amides is 2. The van der Waals surface area contributed by atoms with Gasteiger partial charge in [0.1, 0.15) is 0 Å². The molecule has 5 N–H and O–H groups in total. The molecule has 1 aliphatic rings. The molecule has 1 unspecified atom stereocenters. The highest BCUT2D eigenvalue weighted by atomic mass is 16.8. The zero-order chi connectivity index (χ0) is 26.4. The monoisotopic (exact) mass is 498 g/mol. The van der Waals surface area contributed by atoms with E-state index >= 15 is 0 Å². The van der Waals surface area contributed by atoms with Crippen LogP contribution in [0.1, 0.15) is 36.5 Å². The van der Waals surface area contributed by atoms with Crippen molar-refractivity contribution in [2.75, 3.05) is 0 Å². The standard InChI is InChI=1S/C29H30N4O4/c1-19-25(28(34)30-17-21-9-5-3-6-10-21)27(23-13-15-24(16-14-23)33(36)37)26(20(2)32-19)29(35)31-18-22-11-7-4-8-12-22/h3-16,27,32-33,36H,17-18H2,1-2H3,(H,30,34)(H,31,35). The summed E-state index contributed by atoms with van der Waals surface area (Å²) in [6.45, 7) is 4.27. The Labute approximate surface area is 215 Å². The lowest BCUT2D eigenvalue weighted by atomic mass is 9.79. The van der Waals surface area contributed by atoms with Crippen molar-refractivity contribution in [2.45, 2.75) is 32.9 Å². The summed E-state index contributed by atoms with van der Waals surface area (Å²) >= 11 is 0. The van der Waals surface area contributed by atoms with Crippen LogP contribution in [0.25, 0.3) is 0 Å². The van der Waals surface area contributed by atoms with Crippen LogP contribution in [-0.4, -0.2) is 17.0 Å². The van der Waals surface area contributed by atoms with E-state index in [0.29, 0.717) is 41.2 Å². The third-order valence-corrected chi connectivity index (χ3v) is 6.33. The summed E-state index contributed by atoms with van der Waals surface area (Å²) in [5.41, 5.74) is 4.78. The van der Waals surface area contributed by atoms with Crippen molar-refractivity contribution in [3.8, 4) is 0 Å². The first-order valence-corrected chi connectivity index (χ1v) is 12.0. The Bertz CT molecular complexity index is 1240. The van der Waals surface area contributed by atoms with Crippen molar-refractivity contribution >= 4 is 17.5 Å². The molecule has 0 saturated carbocycles. The Morgan fingerprint density at radius 2 is 1.22 bits per heavy atom. The van der Waals surface area contributed by atoms with Crippen molar-refractivity contribution in [1.82, 2.24) is 16.0 Å². The van der Waals surface area contributed by atoms with E-state index < -0.39 is 11.1 Å². The van der Waals surface area contributed by atoms with Gasteiger partial charge in [-0.1, -0.05) is 72.8 Å². The van der Waals surface area contributed by atoms with Crippen LogP contribution in [-0.2, 0) is 22.7 Å². The summed E-state index contributed by atoms with van der Waals surface area (Å²) in [6.07, 6.45) is 0. The smallest absolute Gasteiger partial charge is 0.250 e. The first kappa shape index (κ1) is 25.8. The largest absolute Gasteiger partial charge is 0.595 e. The molecule has 8 heteroatoms. The van der Waals surface area contributed by atoms with Crippen molar-refractivity contribution in [2.24, 2.45) is 0 Å². The molecule has 0 bridgehead atoms. The Hall–Kier alpha value is -4.24. The van der Waals surface area contributed by atoms with Gasteiger partial charge in [-0.3, -0.25) is 9.59 Å². The third kappa shape index (κ3) is 6.13. The molecule has 1 atom stereocenters. The van der Waals surface area contributed by atoms with Gasteiger partial charge >= 0.3 is 0 Å². The Balaban J connectivity index is 1.67. The number of carbonyl (C=O) groups excluding carboxylic acids is 2. The molecular formula is C29H30N4O4. The fraction of sp³-hybridized carbons (Fsp3) is 0.172. The normalized spacial score (nSPS) is 14.7. The summed E-state index contributed by atoms with van der Waals surface area (Å²) in [5, 5.41) is 28.9. The number of carbonyl (C=O) groups is 2. The summed E-state index contributed by atoms with van der Waals surface area (Å²) in [7, 11) is 0. The molecule has 0 spiro atoms. The molecule has 8 nitrogen and oxygen atoms in total. The number of allylic oxidation sites excluding steroid dienone is 2. The van der Waals surface area contributed by atoms with Crippen molar-refractivity contribution in [3.63, 3.8) is 0 Å². The first-order valence-electron chi connectivity index (χ1n) is 12.0. The summed E-state index contributed by atoms with van der Waals surface area (Å²) < 4.78 is 0. The molecule has 37 heavy (non-hydrogen) atoms. The van der Waals surface area contributed by atoms with E-state index in [1.54, 1.807) is 26.0 Å². The van der Waals surface area contributed by atoms with E-state index in [2.05, 4.69) is 16.0 Å². The fourth-order valence-corrected chi connectivity index (χ4v) is 4.49. The molecule has 2 amide bonds. The molecule has 0 aromatic heterocycles. The quantitative estimate of drug-likeness (QED) is 0.306. The maximum atomic E-state index is 13.5. The number of dihydropyridines is 1. The van der Waals surface area contributed by atoms with Gasteiger partial charge in [-0.05, 0) is 30.5 Å². The molecule has 1 heterocycles. The van der Waals surface area contributed by atoms with Crippen molar-refractivity contribution in [3.05, 3.63) is 129 Å². The molecule has 0 radical (unpaired) electrons. The molecule has 4 rings (SSSR count). The molecule has 0 saturated heterocycles. The topological polar surface area (TPSA) is 118 Å². The second-order valence-electron chi connectivity index (χ2n) is 8.90. The van der Waals surface area contributed by atoms with Crippen molar-refractivity contribution < 1.29 is 20.0 Å². The molecule has 0 aliphatic carbocycles. The van der Waals surface area contributed by atoms with Crippen LogP contribution >= 0.6 is 0 Å². The lowest BCUT2D eigenvalue weighted by Gasteiger charge is -2.31. The Morgan fingerprint density at radius 1 is 0.784 bits per heavy atom. The zero-order valence-corrected chi connectivity index (χ0v) is 20.7. The van der Waals surface area contributed by atoms with Gasteiger partial charge in [-0.25, -0.2) is 5.21 Å². The van der Waals surface area contributed by atoms with Crippen LogP contribution in [0, 0.1) is 5.21 Å². The van der Waals surface area contributed by atoms with E-state index in [0.717, 1.165) is 11.1 Å². The fourth-order valence-electron chi connectivity index (χ4n) is 4.49. The first-order chi connectivity index (χ1) is 17.8. The van der Waals surface area contributed by atoms with Crippen LogP contribution < -0.4 is 21.2 Å². The number of hydrogen-bond donors (Lipinski definition) is 5. The van der Waals surface area contributed by atoms with Crippen LogP contribution in [0.2, 0.25) is 0 Å². The van der Waals surface area contributed by atoms with Crippen LogP contribution in [0.15, 0.2) is 107 Å². The third-order valence-electron chi connectivity index (χ3n) is 6.33. The van der Waals surface area contributed by atoms with Gasteiger partial charge in [0, 0.05) is 53.7 Å². The number of rotatable bonds is 8. The van der Waals surface area contributed by atoms with Gasteiger partial charge < -0.3 is 21.2 Å². The highest BCUT2D eigenvalue weighted by molar-refractivity contribution is 6.03. The van der Waals surface area contributed by atoms with E-state index in [4.69, 9.17) is 0 Å². The average molecular weight is 499 g/mol. The van der Waals surface area contributed by atoms with E-state index in [1.807, 2.05) is 60.7 Å². The number of nitrogens with one attached hydrogen (secondary N) is 4. The Morgan fingerprint density at radius 3 is 1.62 bits per heavy atom. The summed E-state index contributed by atoms with van der Waals surface area (Å²) in [6, 6.07) is 25.4. The highest BCUT2D eigenvalue weighted by Crippen LogP contribution is 2.38. The minimum absolute atomic E-state index is 0.129. The molecule has 0 fully saturated rings. The highest BCUT2D eigenvalue weighted by Gasteiger charge is 2.36. The minimum Gasteiger partial charge on any atom is -0.595 e. The van der Waals surface area contributed by atoms with Crippen molar-refractivity contribution in [1.29, 1.82) is 0 Å². The van der Waals surface area contributed by atoms with Crippen LogP contribution in [0.3, 0.4) is 0 Å². The second kappa shape index (κ2) is 11.7. The number of hydrogen-bond acceptors (Lipinski definition) is 5. The molecule has 3 aromatic rings. The van der Waals surface area contributed by atoms with Crippen LogP contribution in [0.5, 0.6) is 0 Å². The van der Waals surface area contributed by atoms with Gasteiger partial charge in [-0.15, -0.1) is 0 Å². The van der Waals surface area contributed by atoms with Gasteiger partial charge in [0.05, 0.1) is 0 Å². The molecule has 190 valence electrons. The molecular weight excluding hydrogens is 468 g/mol. The van der Waals surface area contributed by atoms with Gasteiger partial charge in [-0.2, -0.15) is 5.23 Å². The molecule has 3 aromatic carbocycles. The zero-order valence-electron chi connectivity index (χ0n) is 20.7. The SMILES string of the molecule is CC1=C(C(=O)NCc2ccccc2)C(c2ccc([NH+]([O-])O)cc2)C(C(=O)NCc2ccccc2)=C(C)N1. The van der Waals surface area contributed by atoms with E-state index in [1.165, 1.54) is 12.1 Å². The van der Waals surface area contributed by atoms with Gasteiger partial charge in [0.15, 0.2) is 5.69 Å². The lowest BCUT2D eigenvalue weighted by Crippen LogP contribution is -2.99.